The Morgan fingerprint density at radius 3 is 2.74 bits per heavy atom. The van der Waals surface area contributed by atoms with E-state index in [0.717, 1.165) is 0 Å². The van der Waals surface area contributed by atoms with Crippen LogP contribution >= 0.6 is 11.6 Å². The van der Waals surface area contributed by atoms with Crippen LogP contribution in [0.2, 0.25) is 0 Å². The third kappa shape index (κ3) is 2.37. The summed E-state index contributed by atoms with van der Waals surface area (Å²) in [4.78, 5) is 10.5. The lowest BCUT2D eigenvalue weighted by Gasteiger charge is -2.05. The highest BCUT2D eigenvalue weighted by molar-refractivity contribution is 6.16. The summed E-state index contributed by atoms with van der Waals surface area (Å²) in [5.41, 5.74) is 0.467. The van der Waals surface area contributed by atoms with Crippen LogP contribution in [0.5, 0.6) is 5.75 Å². The number of hydrogen-bond acceptors (Lipinski definition) is 5. The van der Waals surface area contributed by atoms with Crippen LogP contribution in [0, 0.1) is 10.1 Å². The topological polar surface area (TPSA) is 83.1 Å². The Bertz CT molecular complexity index is 626. The minimum Gasteiger partial charge on any atom is -0.490 e. The fourth-order valence-electron chi connectivity index (χ4n) is 1.70. The predicted octanol–water partition coefficient (Wildman–Crippen LogP) is 2.14. The second kappa shape index (κ2) is 5.23. The highest BCUT2D eigenvalue weighted by Gasteiger charge is 2.18. The van der Waals surface area contributed by atoms with Crippen molar-refractivity contribution in [3.05, 3.63) is 34.1 Å². The number of methoxy groups -OCH3 is 1. The van der Waals surface area contributed by atoms with Gasteiger partial charge in [0.2, 0.25) is 0 Å². The van der Waals surface area contributed by atoms with Gasteiger partial charge in [0.25, 0.3) is 0 Å². The van der Waals surface area contributed by atoms with Gasteiger partial charge in [0.1, 0.15) is 5.82 Å². The average molecular weight is 283 g/mol. The molecule has 0 saturated heterocycles. The van der Waals surface area contributed by atoms with Crippen molar-refractivity contribution in [3.63, 3.8) is 0 Å². The summed E-state index contributed by atoms with van der Waals surface area (Å²) in [6.45, 7) is 0. The van der Waals surface area contributed by atoms with Crippen molar-refractivity contribution in [1.82, 2.24) is 14.8 Å². The van der Waals surface area contributed by atoms with Gasteiger partial charge in [0.15, 0.2) is 11.6 Å². The van der Waals surface area contributed by atoms with E-state index in [1.807, 2.05) is 0 Å². The first-order valence-corrected chi connectivity index (χ1v) is 5.89. The first-order valence-electron chi connectivity index (χ1n) is 5.35. The maximum absolute atomic E-state index is 11.0. The summed E-state index contributed by atoms with van der Waals surface area (Å²) in [7, 11) is 3.14. The highest BCUT2D eigenvalue weighted by Crippen LogP contribution is 2.31. The van der Waals surface area contributed by atoms with Gasteiger partial charge in [-0.15, -0.1) is 21.8 Å². The molecule has 0 spiro atoms. The number of rotatable bonds is 4. The third-order valence-electron chi connectivity index (χ3n) is 2.72. The standard InChI is InChI=1S/C11H11ClN4O3/c1-15-10(6-12)13-14-11(15)7-3-4-9(19-2)8(5-7)16(17)18/h3-5H,6H2,1-2H3. The Labute approximate surface area is 113 Å². The van der Waals surface area contributed by atoms with Crippen molar-refractivity contribution in [2.75, 3.05) is 7.11 Å². The maximum Gasteiger partial charge on any atom is 0.311 e. The van der Waals surface area contributed by atoms with Crippen LogP contribution in [0.3, 0.4) is 0 Å². The number of nitro benzene ring substituents is 1. The van der Waals surface area contributed by atoms with Crippen LogP contribution in [0.4, 0.5) is 5.69 Å². The number of nitro groups is 1. The van der Waals surface area contributed by atoms with Gasteiger partial charge in [-0.05, 0) is 12.1 Å². The lowest BCUT2D eigenvalue weighted by Crippen LogP contribution is -1.99. The van der Waals surface area contributed by atoms with Crippen molar-refractivity contribution in [2.45, 2.75) is 5.88 Å². The predicted molar refractivity (Wildman–Crippen MR) is 69.2 cm³/mol. The van der Waals surface area contributed by atoms with Crippen molar-refractivity contribution >= 4 is 17.3 Å². The van der Waals surface area contributed by atoms with E-state index >= 15 is 0 Å². The van der Waals surface area contributed by atoms with Gasteiger partial charge >= 0.3 is 5.69 Å². The van der Waals surface area contributed by atoms with Crippen LogP contribution in [0.25, 0.3) is 11.4 Å². The van der Waals surface area contributed by atoms with E-state index in [-0.39, 0.29) is 17.3 Å². The summed E-state index contributed by atoms with van der Waals surface area (Å²) in [5, 5.41) is 18.9. The van der Waals surface area contributed by atoms with Gasteiger partial charge in [-0.25, -0.2) is 0 Å². The molecule has 0 bridgehead atoms. The van der Waals surface area contributed by atoms with E-state index in [4.69, 9.17) is 16.3 Å². The molecule has 8 heteroatoms. The van der Waals surface area contributed by atoms with E-state index in [0.29, 0.717) is 17.2 Å². The van der Waals surface area contributed by atoms with Crippen molar-refractivity contribution in [3.8, 4) is 17.1 Å². The molecule has 1 aromatic heterocycles. The van der Waals surface area contributed by atoms with Crippen molar-refractivity contribution < 1.29 is 9.66 Å². The van der Waals surface area contributed by atoms with Crippen LogP contribution in [0.1, 0.15) is 5.82 Å². The molecule has 2 aromatic rings. The smallest absolute Gasteiger partial charge is 0.311 e. The normalized spacial score (nSPS) is 10.5. The average Bonchev–Trinajstić information content (AvgIpc) is 2.79. The minimum atomic E-state index is -0.499. The summed E-state index contributed by atoms with van der Waals surface area (Å²) < 4.78 is 6.64. The fourth-order valence-corrected chi connectivity index (χ4v) is 1.93. The molecule has 100 valence electrons. The van der Waals surface area contributed by atoms with E-state index in [1.165, 1.54) is 19.2 Å². The largest absolute Gasteiger partial charge is 0.490 e. The number of alkyl halides is 1. The molecule has 0 atom stereocenters. The highest BCUT2D eigenvalue weighted by atomic mass is 35.5. The van der Waals surface area contributed by atoms with Crippen molar-refractivity contribution in [2.24, 2.45) is 7.05 Å². The van der Waals surface area contributed by atoms with Gasteiger partial charge in [0.05, 0.1) is 17.9 Å². The molecular weight excluding hydrogens is 272 g/mol. The molecular formula is C11H11ClN4O3. The second-order valence-electron chi connectivity index (χ2n) is 3.78. The van der Waals surface area contributed by atoms with E-state index in [2.05, 4.69) is 10.2 Å². The lowest BCUT2D eigenvalue weighted by atomic mass is 10.1. The Hall–Kier alpha value is -2.15. The molecule has 0 aliphatic heterocycles. The number of hydrogen-bond donors (Lipinski definition) is 0. The van der Waals surface area contributed by atoms with Gasteiger partial charge < -0.3 is 9.30 Å². The van der Waals surface area contributed by atoms with E-state index < -0.39 is 4.92 Å². The Balaban J connectivity index is 2.54. The molecule has 0 fully saturated rings. The quantitative estimate of drug-likeness (QED) is 0.487. The van der Waals surface area contributed by atoms with Crippen LogP contribution in [-0.4, -0.2) is 26.8 Å². The molecule has 19 heavy (non-hydrogen) atoms. The van der Waals surface area contributed by atoms with Gasteiger partial charge in [-0.3, -0.25) is 10.1 Å². The summed E-state index contributed by atoms with van der Waals surface area (Å²) >= 11 is 5.71. The third-order valence-corrected chi connectivity index (χ3v) is 2.96. The van der Waals surface area contributed by atoms with E-state index in [9.17, 15) is 10.1 Å². The number of halogens is 1. The summed E-state index contributed by atoms with van der Waals surface area (Å²) in [5.74, 6) is 1.53. The Morgan fingerprint density at radius 2 is 2.21 bits per heavy atom. The second-order valence-corrected chi connectivity index (χ2v) is 4.04. The van der Waals surface area contributed by atoms with Crippen molar-refractivity contribution in [1.29, 1.82) is 0 Å². The first kappa shape index (κ1) is 13.3. The fraction of sp³-hybridized carbons (Fsp3) is 0.273. The number of aromatic nitrogens is 3. The molecule has 0 aliphatic rings. The first-order chi connectivity index (χ1) is 9.08. The molecule has 7 nitrogen and oxygen atoms in total. The lowest BCUT2D eigenvalue weighted by molar-refractivity contribution is -0.385. The van der Waals surface area contributed by atoms with Crippen LogP contribution in [-0.2, 0) is 12.9 Å². The van der Waals surface area contributed by atoms with E-state index in [1.54, 1.807) is 17.7 Å². The summed E-state index contributed by atoms with van der Waals surface area (Å²) in [6.07, 6.45) is 0. The van der Waals surface area contributed by atoms with Crippen LogP contribution in [0.15, 0.2) is 18.2 Å². The Morgan fingerprint density at radius 1 is 1.47 bits per heavy atom. The molecule has 1 aromatic carbocycles. The maximum atomic E-state index is 11.0. The van der Waals surface area contributed by atoms with Gasteiger partial charge in [0, 0.05) is 18.7 Å². The number of ether oxygens (including phenoxy) is 1. The molecule has 0 amide bonds. The van der Waals surface area contributed by atoms with Crippen LogP contribution < -0.4 is 4.74 Å². The molecule has 0 radical (unpaired) electrons. The molecule has 0 saturated carbocycles. The number of benzene rings is 1. The van der Waals surface area contributed by atoms with Gasteiger partial charge in [-0.1, -0.05) is 0 Å². The number of nitrogens with zero attached hydrogens (tertiary/aromatic N) is 4. The Kier molecular flexibility index (Phi) is 3.66. The molecule has 1 heterocycles. The monoisotopic (exact) mass is 282 g/mol. The SMILES string of the molecule is COc1ccc(-c2nnc(CCl)n2C)cc1[N+](=O)[O-]. The minimum absolute atomic E-state index is 0.115. The zero-order chi connectivity index (χ0) is 14.0. The molecule has 0 unspecified atom stereocenters. The zero-order valence-corrected chi connectivity index (χ0v) is 11.1. The zero-order valence-electron chi connectivity index (χ0n) is 10.3. The molecule has 0 aliphatic carbocycles. The molecule has 2 rings (SSSR count). The summed E-state index contributed by atoms with van der Waals surface area (Å²) in [6, 6.07) is 4.62. The molecule has 0 N–H and O–H groups in total. The van der Waals surface area contributed by atoms with Gasteiger partial charge in [-0.2, -0.15) is 0 Å².